The lowest BCUT2D eigenvalue weighted by molar-refractivity contribution is -0.0341. The molecule has 33 heavy (non-hydrogen) atoms. The SMILES string of the molecule is N/C(=C(\C=NCCC1COC1)c1ncnc2oc(-c3ccccc3)cc12)c1ccc(F)cc1. The molecule has 0 saturated carbocycles. The van der Waals surface area contributed by atoms with Crippen LogP contribution in [0.4, 0.5) is 4.39 Å². The highest BCUT2D eigenvalue weighted by Crippen LogP contribution is 2.32. The third kappa shape index (κ3) is 4.54. The normalized spacial score (nSPS) is 15.1. The van der Waals surface area contributed by atoms with Crippen molar-refractivity contribution in [2.75, 3.05) is 19.8 Å². The van der Waals surface area contributed by atoms with Crippen LogP contribution in [0.2, 0.25) is 0 Å². The Balaban J connectivity index is 1.58. The second kappa shape index (κ2) is 9.34. The van der Waals surface area contributed by atoms with Crippen molar-refractivity contribution < 1.29 is 13.5 Å². The van der Waals surface area contributed by atoms with Crippen molar-refractivity contribution in [3.05, 3.63) is 84.1 Å². The molecule has 1 aliphatic rings. The molecule has 0 spiro atoms. The zero-order chi connectivity index (χ0) is 22.6. The van der Waals surface area contributed by atoms with Gasteiger partial charge in [-0.15, -0.1) is 0 Å². The van der Waals surface area contributed by atoms with E-state index in [4.69, 9.17) is 14.9 Å². The number of rotatable bonds is 7. The Bertz CT molecular complexity index is 1310. The fraction of sp³-hybridized carbons (Fsp3) is 0.192. The molecule has 0 radical (unpaired) electrons. The number of aromatic nitrogens is 2. The van der Waals surface area contributed by atoms with Crippen LogP contribution in [-0.4, -0.2) is 35.9 Å². The molecule has 3 heterocycles. The van der Waals surface area contributed by atoms with Crippen LogP contribution < -0.4 is 5.73 Å². The molecule has 2 aromatic heterocycles. The summed E-state index contributed by atoms with van der Waals surface area (Å²) in [6.07, 6.45) is 4.14. The fourth-order valence-corrected chi connectivity index (χ4v) is 3.72. The molecule has 0 amide bonds. The van der Waals surface area contributed by atoms with Crippen LogP contribution in [0, 0.1) is 11.7 Å². The van der Waals surface area contributed by atoms with Crippen LogP contribution in [0.25, 0.3) is 33.7 Å². The van der Waals surface area contributed by atoms with Gasteiger partial charge in [0.1, 0.15) is 17.9 Å². The van der Waals surface area contributed by atoms with Crippen LogP contribution >= 0.6 is 0 Å². The van der Waals surface area contributed by atoms with Gasteiger partial charge in [0.15, 0.2) is 0 Å². The van der Waals surface area contributed by atoms with E-state index in [1.165, 1.54) is 18.5 Å². The summed E-state index contributed by atoms with van der Waals surface area (Å²) in [6.45, 7) is 2.24. The third-order valence-corrected chi connectivity index (χ3v) is 5.68. The largest absolute Gasteiger partial charge is 0.438 e. The van der Waals surface area contributed by atoms with Crippen molar-refractivity contribution >= 4 is 28.6 Å². The number of ether oxygens (including phenoxy) is 1. The summed E-state index contributed by atoms with van der Waals surface area (Å²) in [5, 5.41) is 0.732. The number of furan rings is 1. The van der Waals surface area contributed by atoms with E-state index < -0.39 is 0 Å². The van der Waals surface area contributed by atoms with E-state index in [1.807, 2.05) is 36.4 Å². The van der Waals surface area contributed by atoms with E-state index in [-0.39, 0.29) is 5.82 Å². The van der Waals surface area contributed by atoms with Crippen molar-refractivity contribution in [3.8, 4) is 11.3 Å². The van der Waals surface area contributed by atoms with Crippen LogP contribution in [-0.2, 0) is 4.74 Å². The van der Waals surface area contributed by atoms with Crippen molar-refractivity contribution in [2.24, 2.45) is 16.6 Å². The predicted octanol–water partition coefficient (Wildman–Crippen LogP) is 4.96. The first-order chi connectivity index (χ1) is 16.2. The summed E-state index contributed by atoms with van der Waals surface area (Å²) in [5.74, 6) is 0.919. The van der Waals surface area contributed by atoms with E-state index in [9.17, 15) is 4.39 Å². The zero-order valence-electron chi connectivity index (χ0n) is 17.9. The summed E-state index contributed by atoms with van der Waals surface area (Å²) in [5.41, 5.74) is 10.4. The summed E-state index contributed by atoms with van der Waals surface area (Å²) < 4.78 is 24.7. The van der Waals surface area contributed by atoms with Gasteiger partial charge >= 0.3 is 0 Å². The summed E-state index contributed by atoms with van der Waals surface area (Å²) >= 11 is 0. The second-order valence-electron chi connectivity index (χ2n) is 7.98. The molecule has 1 fully saturated rings. The summed E-state index contributed by atoms with van der Waals surface area (Å²) in [7, 11) is 0. The molecule has 0 atom stereocenters. The van der Waals surface area contributed by atoms with Gasteiger partial charge in [0.25, 0.3) is 0 Å². The minimum atomic E-state index is -0.323. The Morgan fingerprint density at radius 1 is 1.09 bits per heavy atom. The third-order valence-electron chi connectivity index (χ3n) is 5.68. The number of fused-ring (bicyclic) bond motifs is 1. The highest BCUT2D eigenvalue weighted by molar-refractivity contribution is 6.21. The molecule has 1 saturated heterocycles. The smallest absolute Gasteiger partial charge is 0.230 e. The molecular weight excluding hydrogens is 419 g/mol. The minimum Gasteiger partial charge on any atom is -0.438 e. The Hall–Kier alpha value is -3.84. The molecule has 2 aromatic carbocycles. The first-order valence-corrected chi connectivity index (χ1v) is 10.8. The van der Waals surface area contributed by atoms with Gasteiger partial charge < -0.3 is 14.9 Å². The maximum absolute atomic E-state index is 13.5. The van der Waals surface area contributed by atoms with Gasteiger partial charge in [-0.05, 0) is 42.3 Å². The zero-order valence-corrected chi connectivity index (χ0v) is 17.9. The summed E-state index contributed by atoms with van der Waals surface area (Å²) in [4.78, 5) is 13.5. The molecule has 1 aliphatic heterocycles. The highest BCUT2D eigenvalue weighted by Gasteiger charge is 2.19. The molecule has 4 aromatic rings. The van der Waals surface area contributed by atoms with E-state index in [0.29, 0.717) is 46.5 Å². The van der Waals surface area contributed by atoms with Gasteiger partial charge in [0, 0.05) is 35.5 Å². The average molecular weight is 442 g/mol. The Kier molecular flexibility index (Phi) is 5.95. The number of allylic oxidation sites excluding steroid dienone is 1. The van der Waals surface area contributed by atoms with Crippen molar-refractivity contribution in [2.45, 2.75) is 6.42 Å². The number of benzene rings is 2. The lowest BCUT2D eigenvalue weighted by Gasteiger charge is -2.24. The van der Waals surface area contributed by atoms with Crippen LogP contribution in [0.15, 0.2) is 76.4 Å². The van der Waals surface area contributed by atoms with Crippen molar-refractivity contribution in [3.63, 3.8) is 0 Å². The first kappa shape index (κ1) is 21.0. The molecule has 2 N–H and O–H groups in total. The van der Waals surface area contributed by atoms with E-state index in [1.54, 1.807) is 18.3 Å². The molecular formula is C26H23FN4O2. The molecule has 0 aliphatic carbocycles. The maximum atomic E-state index is 13.5. The molecule has 0 unspecified atom stereocenters. The molecule has 166 valence electrons. The van der Waals surface area contributed by atoms with Gasteiger partial charge in [-0.3, -0.25) is 4.99 Å². The van der Waals surface area contributed by atoms with Crippen LogP contribution in [0.1, 0.15) is 17.7 Å². The Labute approximate surface area is 190 Å². The van der Waals surface area contributed by atoms with E-state index >= 15 is 0 Å². The average Bonchev–Trinajstić information content (AvgIpc) is 3.26. The lowest BCUT2D eigenvalue weighted by atomic mass is 10.0. The highest BCUT2D eigenvalue weighted by atomic mass is 19.1. The van der Waals surface area contributed by atoms with E-state index in [2.05, 4.69) is 15.0 Å². The Morgan fingerprint density at radius 2 is 1.88 bits per heavy atom. The first-order valence-electron chi connectivity index (χ1n) is 10.8. The van der Waals surface area contributed by atoms with Gasteiger partial charge in [0.2, 0.25) is 5.71 Å². The number of halogens is 1. The second-order valence-corrected chi connectivity index (χ2v) is 7.98. The number of nitrogens with zero attached hydrogens (tertiary/aromatic N) is 3. The molecule has 7 heteroatoms. The lowest BCUT2D eigenvalue weighted by Crippen LogP contribution is -2.27. The molecule has 5 rings (SSSR count). The standard InChI is InChI=1S/C26H23FN4O2/c27-20-8-6-19(7-9-20)24(28)22(13-29-11-10-17-14-32-15-17)25-21-12-23(18-4-2-1-3-5-18)33-26(21)31-16-30-25/h1-9,12-13,16-17H,10-11,14-15,28H2/b24-22+,29-13?. The van der Waals surface area contributed by atoms with Gasteiger partial charge in [0.05, 0.1) is 24.3 Å². The van der Waals surface area contributed by atoms with Crippen molar-refractivity contribution in [1.29, 1.82) is 0 Å². The molecule has 0 bridgehead atoms. The van der Waals surface area contributed by atoms with Crippen LogP contribution in [0.3, 0.4) is 0 Å². The van der Waals surface area contributed by atoms with Crippen molar-refractivity contribution in [1.82, 2.24) is 9.97 Å². The minimum absolute atomic E-state index is 0.323. The van der Waals surface area contributed by atoms with Gasteiger partial charge in [-0.25, -0.2) is 14.4 Å². The maximum Gasteiger partial charge on any atom is 0.230 e. The quantitative estimate of drug-likeness (QED) is 0.409. The number of hydrogen-bond acceptors (Lipinski definition) is 6. The topological polar surface area (TPSA) is 86.5 Å². The number of hydrogen-bond donors (Lipinski definition) is 1. The van der Waals surface area contributed by atoms with Gasteiger partial charge in [-0.1, -0.05) is 30.3 Å². The number of aliphatic imine (C=N–C) groups is 1. The fourth-order valence-electron chi connectivity index (χ4n) is 3.72. The van der Waals surface area contributed by atoms with Crippen LogP contribution in [0.5, 0.6) is 0 Å². The van der Waals surface area contributed by atoms with Gasteiger partial charge in [-0.2, -0.15) is 0 Å². The Morgan fingerprint density at radius 3 is 2.61 bits per heavy atom. The number of nitrogens with two attached hydrogens (primary N) is 1. The molecule has 6 nitrogen and oxygen atoms in total. The monoisotopic (exact) mass is 442 g/mol. The summed E-state index contributed by atoms with van der Waals surface area (Å²) in [6, 6.07) is 17.8. The predicted molar refractivity (Wildman–Crippen MR) is 127 cm³/mol. The van der Waals surface area contributed by atoms with E-state index in [0.717, 1.165) is 30.6 Å².